The van der Waals surface area contributed by atoms with Gasteiger partial charge in [-0.05, 0) is 0 Å². The maximum atomic E-state index is 12.1. The molecule has 1 rings (SSSR count). The van der Waals surface area contributed by atoms with Gasteiger partial charge in [-0.15, -0.1) is 12.4 Å². The average molecular weight is 167 g/mol. The van der Waals surface area contributed by atoms with E-state index < -0.39 is 11.8 Å². The Morgan fingerprint density at radius 3 is 2.40 bits per heavy atom. The first-order valence-electron chi connectivity index (χ1n) is 2.26. The van der Waals surface area contributed by atoms with Gasteiger partial charge < -0.3 is 5.73 Å². The number of pyridine rings is 1. The van der Waals surface area contributed by atoms with E-state index in [0.29, 0.717) is 0 Å². The van der Waals surface area contributed by atoms with Gasteiger partial charge in [0.05, 0.1) is 11.9 Å². The maximum Gasteiger partial charge on any atom is 0.215 e. The highest BCUT2D eigenvalue weighted by atomic mass is 35.5. The number of nitrogen functional groups attached to an aromatic ring is 1. The quantitative estimate of drug-likeness (QED) is 0.591. The Labute approximate surface area is 62.5 Å². The fourth-order valence-electron chi connectivity index (χ4n) is 0.427. The van der Waals surface area contributed by atoms with Crippen molar-refractivity contribution in [1.82, 2.24) is 4.98 Å². The molecule has 1 aromatic heterocycles. The molecule has 0 spiro atoms. The summed E-state index contributed by atoms with van der Waals surface area (Å²) in [5, 5.41) is 0. The molecule has 1 heterocycles. The molecule has 0 radical (unpaired) electrons. The minimum Gasteiger partial charge on any atom is -0.396 e. The fraction of sp³-hybridized carbons (Fsp3) is 0. The molecule has 0 bridgehead atoms. The molecule has 0 aliphatic heterocycles. The van der Waals surface area contributed by atoms with Gasteiger partial charge in [0.15, 0.2) is 5.82 Å². The van der Waals surface area contributed by atoms with E-state index in [9.17, 15) is 8.78 Å². The largest absolute Gasteiger partial charge is 0.396 e. The second-order valence-corrected chi connectivity index (χ2v) is 1.53. The lowest BCUT2D eigenvalue weighted by Gasteiger charge is -1.91. The normalized spacial score (nSPS) is 8.60. The number of nitrogens with two attached hydrogens (primary N) is 1. The van der Waals surface area contributed by atoms with Gasteiger partial charge in [-0.2, -0.15) is 4.39 Å². The second-order valence-electron chi connectivity index (χ2n) is 1.53. The highest BCUT2D eigenvalue weighted by Gasteiger charge is 1.97. The van der Waals surface area contributed by atoms with E-state index in [-0.39, 0.29) is 18.1 Å². The number of hydrogen-bond donors (Lipinski definition) is 1. The Balaban J connectivity index is 0.000000810. The van der Waals surface area contributed by atoms with Crippen LogP contribution < -0.4 is 5.73 Å². The van der Waals surface area contributed by atoms with Crippen LogP contribution in [0.2, 0.25) is 0 Å². The second kappa shape index (κ2) is 3.31. The van der Waals surface area contributed by atoms with Crippen molar-refractivity contribution >= 4 is 18.1 Å². The van der Waals surface area contributed by atoms with Crippen LogP contribution in [0.5, 0.6) is 0 Å². The zero-order chi connectivity index (χ0) is 6.85. The van der Waals surface area contributed by atoms with Crippen LogP contribution in [-0.2, 0) is 0 Å². The molecule has 10 heavy (non-hydrogen) atoms. The van der Waals surface area contributed by atoms with Gasteiger partial charge in [-0.25, -0.2) is 9.37 Å². The van der Waals surface area contributed by atoms with Gasteiger partial charge in [0.1, 0.15) is 0 Å². The molecule has 0 saturated carbocycles. The molecule has 0 amide bonds. The van der Waals surface area contributed by atoms with Crippen molar-refractivity contribution in [1.29, 1.82) is 0 Å². The minimum atomic E-state index is -0.770. The summed E-state index contributed by atoms with van der Waals surface area (Å²) in [6.45, 7) is 0. The van der Waals surface area contributed by atoms with Gasteiger partial charge in [-0.1, -0.05) is 0 Å². The molecule has 0 saturated heterocycles. The van der Waals surface area contributed by atoms with Crippen molar-refractivity contribution in [3.63, 3.8) is 0 Å². The predicted molar refractivity (Wildman–Crippen MR) is 35.8 cm³/mol. The van der Waals surface area contributed by atoms with Crippen molar-refractivity contribution in [2.75, 3.05) is 5.73 Å². The summed E-state index contributed by atoms with van der Waals surface area (Å²) in [5.41, 5.74) is 4.75. The molecule has 5 heteroatoms. The monoisotopic (exact) mass is 166 g/mol. The lowest BCUT2D eigenvalue weighted by molar-refractivity contribution is 0.563. The third-order valence-corrected chi connectivity index (χ3v) is 0.852. The van der Waals surface area contributed by atoms with E-state index in [0.717, 1.165) is 12.3 Å². The van der Waals surface area contributed by atoms with Gasteiger partial charge in [-0.3, -0.25) is 0 Å². The predicted octanol–water partition coefficient (Wildman–Crippen LogP) is 1.36. The van der Waals surface area contributed by atoms with Crippen LogP contribution in [0.15, 0.2) is 12.3 Å². The van der Waals surface area contributed by atoms with E-state index in [1.54, 1.807) is 0 Å². The summed E-state index contributed by atoms with van der Waals surface area (Å²) < 4.78 is 24.1. The third kappa shape index (κ3) is 1.80. The Bertz CT molecular complexity index is 229. The lowest BCUT2D eigenvalue weighted by atomic mass is 10.4. The molecule has 0 fully saturated rings. The molecular weight excluding hydrogens is 162 g/mol. The van der Waals surface area contributed by atoms with Crippen molar-refractivity contribution in [2.24, 2.45) is 0 Å². The zero-order valence-electron chi connectivity index (χ0n) is 4.84. The van der Waals surface area contributed by atoms with Crippen LogP contribution in [-0.4, -0.2) is 4.98 Å². The van der Waals surface area contributed by atoms with E-state index in [4.69, 9.17) is 5.73 Å². The van der Waals surface area contributed by atoms with E-state index >= 15 is 0 Å². The Hall–Kier alpha value is -0.900. The summed E-state index contributed by atoms with van der Waals surface area (Å²) in [5.74, 6) is -1.47. The number of halogens is 3. The fourth-order valence-corrected chi connectivity index (χ4v) is 0.427. The minimum absolute atomic E-state index is 0. The first-order valence-corrected chi connectivity index (χ1v) is 2.26. The molecule has 1 aromatic rings. The van der Waals surface area contributed by atoms with Gasteiger partial charge in [0.25, 0.3) is 0 Å². The number of anilines is 1. The summed E-state index contributed by atoms with van der Waals surface area (Å²) >= 11 is 0. The van der Waals surface area contributed by atoms with Crippen LogP contribution in [0.25, 0.3) is 0 Å². The first kappa shape index (κ1) is 9.10. The summed E-state index contributed by atoms with van der Waals surface area (Å²) in [6.07, 6.45) is 0.741. The van der Waals surface area contributed by atoms with Crippen LogP contribution in [0.4, 0.5) is 14.5 Å². The molecule has 56 valence electrons. The van der Waals surface area contributed by atoms with Crippen molar-refractivity contribution in [2.45, 2.75) is 0 Å². The molecule has 0 aliphatic carbocycles. The SMILES string of the molecule is Cl.Nc1cc(F)ncc1F. The topological polar surface area (TPSA) is 38.9 Å². The van der Waals surface area contributed by atoms with Crippen LogP contribution in [0, 0.1) is 11.8 Å². The maximum absolute atomic E-state index is 12.1. The number of rotatable bonds is 0. The molecule has 0 atom stereocenters. The number of aromatic nitrogens is 1. The van der Waals surface area contributed by atoms with Crippen molar-refractivity contribution in [3.05, 3.63) is 24.0 Å². The van der Waals surface area contributed by atoms with Gasteiger partial charge in [0.2, 0.25) is 5.95 Å². The van der Waals surface area contributed by atoms with Crippen molar-refractivity contribution < 1.29 is 8.78 Å². The average Bonchev–Trinajstić information content (AvgIpc) is 1.80. The van der Waals surface area contributed by atoms with Crippen molar-refractivity contribution in [3.8, 4) is 0 Å². The molecule has 0 unspecified atom stereocenters. The third-order valence-electron chi connectivity index (χ3n) is 0.852. The Kier molecular flexibility index (Phi) is 3.02. The lowest BCUT2D eigenvalue weighted by Crippen LogP contribution is -1.93. The molecule has 0 aromatic carbocycles. The van der Waals surface area contributed by atoms with Gasteiger partial charge in [0, 0.05) is 6.07 Å². The summed E-state index contributed by atoms with van der Waals surface area (Å²) in [7, 11) is 0. The Morgan fingerprint density at radius 2 is 2.00 bits per heavy atom. The number of nitrogens with zero attached hydrogens (tertiary/aromatic N) is 1. The van der Waals surface area contributed by atoms with Crippen LogP contribution in [0.3, 0.4) is 0 Å². The summed E-state index contributed by atoms with van der Waals surface area (Å²) in [4.78, 5) is 3.02. The molecular formula is C5H5ClF2N2. The van der Waals surface area contributed by atoms with Crippen LogP contribution >= 0.6 is 12.4 Å². The van der Waals surface area contributed by atoms with E-state index in [2.05, 4.69) is 4.98 Å². The molecule has 2 N–H and O–H groups in total. The van der Waals surface area contributed by atoms with Crippen LogP contribution in [0.1, 0.15) is 0 Å². The highest BCUT2D eigenvalue weighted by molar-refractivity contribution is 5.85. The van der Waals surface area contributed by atoms with E-state index in [1.807, 2.05) is 0 Å². The molecule has 0 aliphatic rings. The molecule has 2 nitrogen and oxygen atoms in total. The number of hydrogen-bond acceptors (Lipinski definition) is 2. The smallest absolute Gasteiger partial charge is 0.215 e. The Morgan fingerprint density at radius 1 is 1.40 bits per heavy atom. The zero-order valence-corrected chi connectivity index (χ0v) is 5.66. The highest BCUT2D eigenvalue weighted by Crippen LogP contribution is 2.06. The summed E-state index contributed by atoms with van der Waals surface area (Å²) in [6, 6.07) is 0.829. The van der Waals surface area contributed by atoms with E-state index in [1.165, 1.54) is 0 Å². The van der Waals surface area contributed by atoms with Gasteiger partial charge >= 0.3 is 0 Å². The standard InChI is InChI=1S/C5H4F2N2.ClH/c6-3-2-9-5(7)1-4(3)8;/h1-2H,(H2,8,9);1H. The first-order chi connectivity index (χ1) is 4.20.